The van der Waals surface area contributed by atoms with Crippen LogP contribution in [0, 0.1) is 0 Å². The maximum atomic E-state index is 13.4. The Labute approximate surface area is 201 Å². The topological polar surface area (TPSA) is 38.3 Å². The predicted octanol–water partition coefficient (Wildman–Crippen LogP) is 5.72. The van der Waals surface area contributed by atoms with Crippen molar-refractivity contribution in [1.29, 1.82) is 0 Å². The van der Waals surface area contributed by atoms with Gasteiger partial charge in [0.05, 0.1) is 22.1 Å². The highest BCUT2D eigenvalue weighted by Gasteiger charge is 2.43. The molecule has 0 aliphatic carbocycles. The fraction of sp³-hybridized carbons (Fsp3) is 0.0800. The molecule has 160 valence electrons. The Kier molecular flexibility index (Phi) is 6.02. The number of ketones is 1. The number of hydrogen-bond acceptors (Lipinski definition) is 4. The van der Waals surface area contributed by atoms with Gasteiger partial charge in [-0.3, -0.25) is 9.88 Å². The molecule has 1 aliphatic heterocycles. The summed E-state index contributed by atoms with van der Waals surface area (Å²) in [5, 5.41) is 8.16. The van der Waals surface area contributed by atoms with Gasteiger partial charge in [0.2, 0.25) is 5.78 Å². The van der Waals surface area contributed by atoms with Crippen LogP contribution < -0.4 is 20.4 Å². The number of hydrogen-bond donors (Lipinski definition) is 1. The minimum Gasteiger partial charge on any atom is -0.478 e. The van der Waals surface area contributed by atoms with Crippen molar-refractivity contribution in [2.24, 2.45) is 0 Å². The van der Waals surface area contributed by atoms with E-state index in [1.165, 1.54) is 11.3 Å². The summed E-state index contributed by atoms with van der Waals surface area (Å²) >= 11 is 14.2. The van der Waals surface area contributed by atoms with Gasteiger partial charge in [0, 0.05) is 16.2 Å². The first-order valence-electron chi connectivity index (χ1n) is 10.1. The molecule has 0 spiro atoms. The van der Waals surface area contributed by atoms with E-state index in [-0.39, 0.29) is 5.78 Å². The van der Waals surface area contributed by atoms with Crippen molar-refractivity contribution >= 4 is 57.3 Å². The molecule has 0 saturated carbocycles. The fourth-order valence-electron chi connectivity index (χ4n) is 3.92. The van der Waals surface area contributed by atoms with Crippen LogP contribution in [0.2, 0.25) is 5.02 Å². The molecule has 0 radical (unpaired) electrons. The van der Waals surface area contributed by atoms with Gasteiger partial charge in [-0.1, -0.05) is 102 Å². The number of benzene rings is 3. The second-order valence-corrected chi connectivity index (χ2v) is 12.9. The van der Waals surface area contributed by atoms with Crippen molar-refractivity contribution in [2.45, 2.75) is 12.1 Å². The van der Waals surface area contributed by atoms with Crippen LogP contribution in [0.4, 0.5) is 0 Å². The summed E-state index contributed by atoms with van der Waals surface area (Å²) in [7, 11) is 0. The number of Topliss-reactive ketones (excluding diaryl/α,β-unsaturated/α-hetero) is 1. The van der Waals surface area contributed by atoms with Crippen molar-refractivity contribution in [3.63, 3.8) is 0 Å². The molecule has 0 unspecified atom stereocenters. The van der Waals surface area contributed by atoms with Crippen LogP contribution in [-0.4, -0.2) is 11.9 Å². The molecule has 32 heavy (non-hydrogen) atoms. The normalized spacial score (nSPS) is 17.5. The number of ether oxygens (including phenoxy) is 1. The van der Waals surface area contributed by atoms with Gasteiger partial charge in [-0.2, -0.15) is 0 Å². The van der Waals surface area contributed by atoms with Gasteiger partial charge in [0.1, 0.15) is 5.75 Å². The number of para-hydroxylation sites is 1. The minimum atomic E-state index is -2.49. The van der Waals surface area contributed by atoms with Crippen LogP contribution >= 0.6 is 29.1 Å². The van der Waals surface area contributed by atoms with Crippen molar-refractivity contribution in [3.05, 3.63) is 112 Å². The average molecular weight is 496 g/mol. The van der Waals surface area contributed by atoms with Gasteiger partial charge in [-0.15, -0.1) is 11.3 Å². The Morgan fingerprint density at radius 3 is 2.16 bits per heavy atom. The molecule has 2 heterocycles. The van der Waals surface area contributed by atoms with Gasteiger partial charge in [-0.25, -0.2) is 0 Å². The standard InChI is InChI=1S/C25H19ClNO2PS2/c26-20-14-7-13-19-22(25(29-24(19)20)23(28)21-15-8-16-32-21)27-30(31,17-9-3-1-4-10-17)18-11-5-2-6-12-18/h1-16,22,25H,(H,27,31)/t22-,25-/m1/s1. The van der Waals surface area contributed by atoms with E-state index in [9.17, 15) is 4.79 Å². The molecule has 4 aromatic rings. The van der Waals surface area contributed by atoms with Gasteiger partial charge in [0.15, 0.2) is 6.10 Å². The van der Waals surface area contributed by atoms with Gasteiger partial charge in [-0.05, 0) is 17.5 Å². The third kappa shape index (κ3) is 3.85. The maximum absolute atomic E-state index is 13.4. The first-order chi connectivity index (χ1) is 15.6. The van der Waals surface area contributed by atoms with Crippen LogP contribution in [-0.2, 0) is 11.8 Å². The zero-order valence-corrected chi connectivity index (χ0v) is 20.1. The minimum absolute atomic E-state index is 0.0764. The number of thiophene rings is 1. The third-order valence-electron chi connectivity index (χ3n) is 5.46. The van der Waals surface area contributed by atoms with Crippen molar-refractivity contribution < 1.29 is 9.53 Å². The molecule has 1 aromatic heterocycles. The molecule has 0 fully saturated rings. The van der Waals surface area contributed by atoms with Crippen molar-refractivity contribution in [3.8, 4) is 5.75 Å². The molecule has 0 bridgehead atoms. The zero-order valence-electron chi connectivity index (χ0n) is 16.9. The van der Waals surface area contributed by atoms with E-state index in [2.05, 4.69) is 5.09 Å². The Bertz CT molecular complexity index is 1250. The average Bonchev–Trinajstić information content (AvgIpc) is 3.49. The monoisotopic (exact) mass is 495 g/mol. The second-order valence-electron chi connectivity index (χ2n) is 7.43. The number of carbonyl (C=O) groups excluding carboxylic acids is 1. The van der Waals surface area contributed by atoms with E-state index in [0.717, 1.165) is 16.2 Å². The number of nitrogens with one attached hydrogen (secondary N) is 1. The lowest BCUT2D eigenvalue weighted by atomic mass is 10.0. The Morgan fingerprint density at radius 2 is 1.56 bits per heavy atom. The number of carbonyl (C=O) groups is 1. The molecule has 0 amide bonds. The molecule has 3 nitrogen and oxygen atoms in total. The van der Waals surface area contributed by atoms with E-state index in [1.54, 1.807) is 6.07 Å². The molecular formula is C25H19ClNO2PS2. The Hall–Kier alpha value is -2.27. The number of fused-ring (bicyclic) bond motifs is 1. The fourth-order valence-corrected chi connectivity index (χ4v) is 8.36. The summed E-state index contributed by atoms with van der Waals surface area (Å²) in [6.45, 7) is 0. The molecular weight excluding hydrogens is 477 g/mol. The summed E-state index contributed by atoms with van der Waals surface area (Å²) in [4.78, 5) is 14.1. The summed E-state index contributed by atoms with van der Waals surface area (Å²) in [5.41, 5.74) is 0.855. The summed E-state index contributed by atoms with van der Waals surface area (Å²) in [5.74, 6) is 0.469. The quantitative estimate of drug-likeness (QED) is 0.274. The van der Waals surface area contributed by atoms with Crippen LogP contribution in [0.1, 0.15) is 21.3 Å². The van der Waals surface area contributed by atoms with E-state index in [0.29, 0.717) is 15.6 Å². The number of halogens is 1. The molecule has 1 aliphatic rings. The van der Waals surface area contributed by atoms with E-state index in [4.69, 9.17) is 28.1 Å². The summed E-state index contributed by atoms with van der Waals surface area (Å²) < 4.78 is 6.19. The van der Waals surface area contributed by atoms with Gasteiger partial charge >= 0.3 is 0 Å². The van der Waals surface area contributed by atoms with Gasteiger partial charge < -0.3 is 4.74 Å². The van der Waals surface area contributed by atoms with Crippen LogP contribution in [0.3, 0.4) is 0 Å². The highest BCUT2D eigenvalue weighted by atomic mass is 35.5. The first kappa shape index (κ1) is 21.6. The van der Waals surface area contributed by atoms with Crippen LogP contribution in [0.25, 0.3) is 0 Å². The molecule has 0 saturated heterocycles. The lowest BCUT2D eigenvalue weighted by molar-refractivity contribution is 0.0792. The largest absolute Gasteiger partial charge is 0.478 e. The molecule has 5 rings (SSSR count). The first-order valence-corrected chi connectivity index (χ1v) is 14.2. The maximum Gasteiger partial charge on any atom is 0.215 e. The SMILES string of the molecule is O=C(c1cccs1)[C@@H]1Oc2c(Cl)cccc2[C@H]1NP(=S)(c1ccccc1)c1ccccc1. The lowest BCUT2D eigenvalue weighted by Gasteiger charge is -2.30. The van der Waals surface area contributed by atoms with E-state index < -0.39 is 18.3 Å². The van der Waals surface area contributed by atoms with Crippen LogP contribution in [0.15, 0.2) is 96.4 Å². The lowest BCUT2D eigenvalue weighted by Crippen LogP contribution is -2.39. The molecule has 1 N–H and O–H groups in total. The summed E-state index contributed by atoms with van der Waals surface area (Å²) in [6, 6.07) is 29.0. The van der Waals surface area contributed by atoms with Crippen molar-refractivity contribution in [1.82, 2.24) is 5.09 Å². The van der Waals surface area contributed by atoms with Crippen molar-refractivity contribution in [2.75, 3.05) is 0 Å². The van der Waals surface area contributed by atoms with Gasteiger partial charge in [0.25, 0.3) is 0 Å². The summed E-state index contributed by atoms with van der Waals surface area (Å²) in [6.07, 6.45) is -3.24. The molecule has 7 heteroatoms. The Balaban J connectivity index is 1.63. The molecule has 2 atom stereocenters. The smallest absolute Gasteiger partial charge is 0.215 e. The number of rotatable bonds is 6. The predicted molar refractivity (Wildman–Crippen MR) is 137 cm³/mol. The van der Waals surface area contributed by atoms with E-state index >= 15 is 0 Å². The van der Waals surface area contributed by atoms with E-state index in [1.807, 2.05) is 90.3 Å². The zero-order chi connectivity index (χ0) is 22.1. The highest BCUT2D eigenvalue weighted by Crippen LogP contribution is 2.49. The third-order valence-corrected chi connectivity index (χ3v) is 10.9. The Morgan fingerprint density at radius 1 is 0.906 bits per heavy atom. The second kappa shape index (κ2) is 8.93. The molecule has 3 aromatic carbocycles. The highest BCUT2D eigenvalue weighted by molar-refractivity contribution is 8.20. The van der Waals surface area contributed by atoms with Crippen LogP contribution in [0.5, 0.6) is 5.75 Å².